The molecule has 0 bridgehead atoms. The molecule has 0 atom stereocenters. The molecular weight excluding hydrogens is 208 g/mol. The van der Waals surface area contributed by atoms with E-state index >= 15 is 0 Å². The first-order chi connectivity index (χ1) is 5.29. The second kappa shape index (κ2) is 2.44. The molecule has 0 aromatic carbocycles. The Morgan fingerprint density at radius 3 is 3.27 bits per heavy atom. The van der Waals surface area contributed by atoms with E-state index in [-0.39, 0.29) is 5.56 Å². The van der Waals surface area contributed by atoms with E-state index in [1.54, 1.807) is 10.8 Å². The molecule has 3 nitrogen and oxygen atoms in total. The number of rotatable bonds is 0. The number of hydrogen-bond acceptors (Lipinski definition) is 2. The molecule has 1 aliphatic heterocycles. The van der Waals surface area contributed by atoms with Crippen molar-refractivity contribution in [2.75, 3.05) is 0 Å². The molecule has 58 valence electrons. The number of nitrogens with zero attached hydrogens (tertiary/aromatic N) is 2. The maximum absolute atomic E-state index is 11.3. The van der Waals surface area contributed by atoms with Crippen molar-refractivity contribution in [3.63, 3.8) is 0 Å². The first-order valence-corrected chi connectivity index (χ1v) is 4.32. The van der Waals surface area contributed by atoms with Crippen molar-refractivity contribution in [2.45, 2.75) is 19.4 Å². The van der Waals surface area contributed by atoms with Crippen LogP contribution in [0.15, 0.2) is 15.5 Å². The molecule has 0 N–H and O–H groups in total. The monoisotopic (exact) mass is 214 g/mol. The molecule has 1 aromatic rings. The molecule has 1 aromatic heterocycles. The van der Waals surface area contributed by atoms with Crippen LogP contribution in [0.4, 0.5) is 0 Å². The summed E-state index contributed by atoms with van der Waals surface area (Å²) in [6.07, 6.45) is 3.56. The van der Waals surface area contributed by atoms with E-state index in [9.17, 15) is 4.79 Å². The molecule has 0 radical (unpaired) electrons. The van der Waals surface area contributed by atoms with E-state index in [0.717, 1.165) is 25.2 Å². The molecule has 2 rings (SSSR count). The summed E-state index contributed by atoms with van der Waals surface area (Å²) in [5, 5.41) is 0. The largest absolute Gasteiger partial charge is 0.296 e. The fourth-order valence-corrected chi connectivity index (χ4v) is 1.64. The summed E-state index contributed by atoms with van der Waals surface area (Å²) in [5.41, 5.74) is 0.0486. The van der Waals surface area contributed by atoms with Crippen LogP contribution in [0, 0.1) is 0 Å². The van der Waals surface area contributed by atoms with Gasteiger partial charge in [-0.05, 0) is 22.4 Å². The predicted molar refractivity (Wildman–Crippen MR) is 44.5 cm³/mol. The zero-order valence-corrected chi connectivity index (χ0v) is 7.47. The number of aryl methyl sites for hydroxylation is 1. The van der Waals surface area contributed by atoms with Crippen LogP contribution in [0.5, 0.6) is 0 Å². The van der Waals surface area contributed by atoms with Crippen molar-refractivity contribution >= 4 is 15.9 Å². The van der Waals surface area contributed by atoms with E-state index in [4.69, 9.17) is 0 Å². The molecule has 0 aliphatic carbocycles. The standard InChI is InChI=1S/C7H7BrN2O/c8-5-4-9-6-2-1-3-10(6)7(5)11/h4H,1-3H2. The van der Waals surface area contributed by atoms with E-state index in [1.165, 1.54) is 0 Å². The Hall–Kier alpha value is -0.640. The average Bonchev–Trinajstić information content (AvgIpc) is 2.45. The molecular formula is C7H7BrN2O. The molecule has 0 amide bonds. The number of fused-ring (bicyclic) bond motifs is 1. The van der Waals surface area contributed by atoms with Gasteiger partial charge in [0, 0.05) is 19.2 Å². The summed E-state index contributed by atoms with van der Waals surface area (Å²) in [7, 11) is 0. The van der Waals surface area contributed by atoms with Gasteiger partial charge in [-0.2, -0.15) is 0 Å². The first kappa shape index (κ1) is 7.03. The second-order valence-corrected chi connectivity index (χ2v) is 3.44. The Labute approximate surface area is 72.2 Å². The summed E-state index contributed by atoms with van der Waals surface area (Å²) in [4.78, 5) is 15.5. The highest BCUT2D eigenvalue weighted by Crippen LogP contribution is 2.10. The van der Waals surface area contributed by atoms with Gasteiger partial charge in [0.1, 0.15) is 10.3 Å². The zero-order chi connectivity index (χ0) is 7.84. The van der Waals surface area contributed by atoms with Crippen molar-refractivity contribution in [3.05, 3.63) is 26.8 Å². The average molecular weight is 215 g/mol. The summed E-state index contributed by atoms with van der Waals surface area (Å²) in [6.45, 7) is 0.820. The fraction of sp³-hybridized carbons (Fsp3) is 0.429. The van der Waals surface area contributed by atoms with Crippen LogP contribution in [0.2, 0.25) is 0 Å². The van der Waals surface area contributed by atoms with Gasteiger partial charge in [-0.15, -0.1) is 0 Å². The van der Waals surface area contributed by atoms with E-state index in [2.05, 4.69) is 20.9 Å². The van der Waals surface area contributed by atoms with Gasteiger partial charge in [-0.1, -0.05) is 0 Å². The van der Waals surface area contributed by atoms with Crippen molar-refractivity contribution in [3.8, 4) is 0 Å². The Morgan fingerprint density at radius 1 is 1.64 bits per heavy atom. The minimum atomic E-state index is 0.0486. The summed E-state index contributed by atoms with van der Waals surface area (Å²) in [6, 6.07) is 0. The third-order valence-corrected chi connectivity index (χ3v) is 2.41. The second-order valence-electron chi connectivity index (χ2n) is 2.58. The van der Waals surface area contributed by atoms with Gasteiger partial charge in [0.25, 0.3) is 5.56 Å². The number of hydrogen-bond donors (Lipinski definition) is 0. The Morgan fingerprint density at radius 2 is 2.45 bits per heavy atom. The maximum Gasteiger partial charge on any atom is 0.267 e. The lowest BCUT2D eigenvalue weighted by Crippen LogP contribution is -2.20. The zero-order valence-electron chi connectivity index (χ0n) is 5.88. The topological polar surface area (TPSA) is 34.9 Å². The van der Waals surface area contributed by atoms with Crippen molar-refractivity contribution in [1.82, 2.24) is 9.55 Å². The van der Waals surface area contributed by atoms with Gasteiger partial charge in [0.2, 0.25) is 0 Å². The van der Waals surface area contributed by atoms with Crippen LogP contribution in [-0.2, 0) is 13.0 Å². The van der Waals surface area contributed by atoms with Gasteiger partial charge in [-0.25, -0.2) is 4.98 Å². The van der Waals surface area contributed by atoms with E-state index in [1.807, 2.05) is 0 Å². The molecule has 0 saturated carbocycles. The van der Waals surface area contributed by atoms with Gasteiger partial charge in [0.15, 0.2) is 0 Å². The summed E-state index contributed by atoms with van der Waals surface area (Å²) >= 11 is 3.15. The quantitative estimate of drug-likeness (QED) is 0.645. The van der Waals surface area contributed by atoms with Gasteiger partial charge in [-0.3, -0.25) is 9.36 Å². The molecule has 0 unspecified atom stereocenters. The SMILES string of the molecule is O=c1c(Br)cnc2n1CCC2. The van der Waals surface area contributed by atoms with Gasteiger partial charge in [0.05, 0.1) is 0 Å². The normalized spacial score (nSPS) is 15.0. The summed E-state index contributed by atoms with van der Waals surface area (Å²) in [5.74, 6) is 0.915. The van der Waals surface area contributed by atoms with Crippen molar-refractivity contribution < 1.29 is 0 Å². The highest BCUT2D eigenvalue weighted by molar-refractivity contribution is 9.10. The lowest BCUT2D eigenvalue weighted by molar-refractivity contribution is 0.707. The Kier molecular flexibility index (Phi) is 1.56. The third kappa shape index (κ3) is 1.01. The van der Waals surface area contributed by atoms with Gasteiger partial charge < -0.3 is 0 Å². The van der Waals surface area contributed by atoms with Crippen LogP contribution < -0.4 is 5.56 Å². The molecule has 2 heterocycles. The first-order valence-electron chi connectivity index (χ1n) is 3.53. The lowest BCUT2D eigenvalue weighted by Gasteiger charge is -1.99. The Balaban J connectivity index is 2.72. The third-order valence-electron chi connectivity index (χ3n) is 1.87. The number of aromatic nitrogens is 2. The molecule has 0 spiro atoms. The Bertz CT molecular complexity index is 345. The lowest BCUT2D eigenvalue weighted by atomic mass is 10.4. The maximum atomic E-state index is 11.3. The van der Waals surface area contributed by atoms with Crippen LogP contribution >= 0.6 is 15.9 Å². The minimum absolute atomic E-state index is 0.0486. The smallest absolute Gasteiger partial charge is 0.267 e. The molecule has 0 fully saturated rings. The minimum Gasteiger partial charge on any atom is -0.296 e. The number of halogens is 1. The molecule has 1 aliphatic rings. The molecule has 0 saturated heterocycles. The van der Waals surface area contributed by atoms with Crippen LogP contribution in [-0.4, -0.2) is 9.55 Å². The van der Waals surface area contributed by atoms with Crippen LogP contribution in [0.25, 0.3) is 0 Å². The fourth-order valence-electron chi connectivity index (χ4n) is 1.33. The molecule has 11 heavy (non-hydrogen) atoms. The predicted octanol–water partition coefficient (Wildman–Crippen LogP) is 0.952. The van der Waals surface area contributed by atoms with E-state index in [0.29, 0.717) is 4.47 Å². The molecule has 4 heteroatoms. The summed E-state index contributed by atoms with van der Waals surface area (Å²) < 4.78 is 2.28. The highest BCUT2D eigenvalue weighted by Gasteiger charge is 2.13. The van der Waals surface area contributed by atoms with Crippen LogP contribution in [0.3, 0.4) is 0 Å². The van der Waals surface area contributed by atoms with Crippen LogP contribution in [0.1, 0.15) is 12.2 Å². The van der Waals surface area contributed by atoms with E-state index < -0.39 is 0 Å². The van der Waals surface area contributed by atoms with Crippen molar-refractivity contribution in [1.29, 1.82) is 0 Å². The van der Waals surface area contributed by atoms with Crippen molar-refractivity contribution in [2.24, 2.45) is 0 Å². The van der Waals surface area contributed by atoms with Gasteiger partial charge >= 0.3 is 0 Å². The highest BCUT2D eigenvalue weighted by atomic mass is 79.9.